The predicted molar refractivity (Wildman–Crippen MR) is 61.9 cm³/mol. The molecule has 1 saturated heterocycles. The molecule has 2 nitrogen and oxygen atoms in total. The zero-order chi connectivity index (χ0) is 11.2. The van der Waals surface area contributed by atoms with Crippen LogP contribution in [0, 0.1) is 5.82 Å². The zero-order valence-corrected chi connectivity index (χ0v) is 9.42. The Morgan fingerprint density at radius 3 is 2.81 bits per heavy atom. The van der Waals surface area contributed by atoms with Crippen molar-refractivity contribution < 1.29 is 9.13 Å². The lowest BCUT2D eigenvalue weighted by Gasteiger charge is -2.23. The summed E-state index contributed by atoms with van der Waals surface area (Å²) in [4.78, 5) is 0. The van der Waals surface area contributed by atoms with Gasteiger partial charge in [-0.3, -0.25) is 0 Å². The molecule has 0 bridgehead atoms. The van der Waals surface area contributed by atoms with Crippen LogP contribution in [-0.2, 0) is 11.2 Å². The van der Waals surface area contributed by atoms with E-state index in [1.807, 2.05) is 12.1 Å². The van der Waals surface area contributed by atoms with E-state index in [1.54, 1.807) is 0 Å². The Morgan fingerprint density at radius 1 is 1.31 bits per heavy atom. The van der Waals surface area contributed by atoms with Crippen molar-refractivity contribution in [3.63, 3.8) is 0 Å². The molecule has 2 rings (SSSR count). The third-order valence-electron chi connectivity index (χ3n) is 2.91. The molecule has 3 heteroatoms. The molecule has 0 spiro atoms. The van der Waals surface area contributed by atoms with Crippen molar-refractivity contribution in [1.82, 2.24) is 5.32 Å². The van der Waals surface area contributed by atoms with Crippen LogP contribution in [0.25, 0.3) is 0 Å². The van der Waals surface area contributed by atoms with Gasteiger partial charge < -0.3 is 10.1 Å². The molecule has 0 aromatic heterocycles. The minimum absolute atomic E-state index is 0.179. The quantitative estimate of drug-likeness (QED) is 0.844. The first-order valence-corrected chi connectivity index (χ1v) is 5.91. The molecule has 1 aliphatic rings. The van der Waals surface area contributed by atoms with Crippen LogP contribution in [-0.4, -0.2) is 25.8 Å². The van der Waals surface area contributed by atoms with Crippen molar-refractivity contribution in [2.24, 2.45) is 0 Å². The van der Waals surface area contributed by atoms with E-state index in [2.05, 4.69) is 5.32 Å². The molecule has 0 aliphatic carbocycles. The van der Waals surface area contributed by atoms with Crippen molar-refractivity contribution in [2.45, 2.75) is 25.4 Å². The molecule has 16 heavy (non-hydrogen) atoms. The van der Waals surface area contributed by atoms with Gasteiger partial charge >= 0.3 is 0 Å². The lowest BCUT2D eigenvalue weighted by molar-refractivity contribution is 0.0390. The van der Waals surface area contributed by atoms with E-state index >= 15 is 0 Å². The van der Waals surface area contributed by atoms with E-state index in [0.717, 1.165) is 38.1 Å². The van der Waals surface area contributed by atoms with Gasteiger partial charge in [-0.25, -0.2) is 4.39 Å². The van der Waals surface area contributed by atoms with Gasteiger partial charge in [0.2, 0.25) is 0 Å². The molecule has 0 radical (unpaired) electrons. The lowest BCUT2D eigenvalue weighted by atomic mass is 10.1. The Hall–Kier alpha value is -0.930. The predicted octanol–water partition coefficient (Wildman–Crippen LogP) is 2.14. The summed E-state index contributed by atoms with van der Waals surface area (Å²) >= 11 is 0. The molecule has 1 N–H and O–H groups in total. The Morgan fingerprint density at radius 2 is 2.12 bits per heavy atom. The molecule has 1 unspecified atom stereocenters. The van der Waals surface area contributed by atoms with Crippen LogP contribution in [0.1, 0.15) is 18.4 Å². The van der Waals surface area contributed by atoms with Crippen LogP contribution in [0.5, 0.6) is 0 Å². The van der Waals surface area contributed by atoms with Gasteiger partial charge in [0, 0.05) is 6.54 Å². The summed E-state index contributed by atoms with van der Waals surface area (Å²) in [7, 11) is 0. The number of hydrogen-bond acceptors (Lipinski definition) is 2. The van der Waals surface area contributed by atoms with E-state index in [-0.39, 0.29) is 5.82 Å². The number of piperidine rings is 1. The van der Waals surface area contributed by atoms with Crippen molar-refractivity contribution in [3.05, 3.63) is 35.6 Å². The topological polar surface area (TPSA) is 21.3 Å². The Balaban J connectivity index is 1.69. The minimum Gasteiger partial charge on any atom is -0.377 e. The van der Waals surface area contributed by atoms with Gasteiger partial charge in [-0.1, -0.05) is 12.1 Å². The van der Waals surface area contributed by atoms with Crippen molar-refractivity contribution in [1.29, 1.82) is 0 Å². The second-order valence-corrected chi connectivity index (χ2v) is 4.22. The highest BCUT2D eigenvalue weighted by Gasteiger charge is 2.12. The summed E-state index contributed by atoms with van der Waals surface area (Å²) in [6, 6.07) is 6.63. The largest absolute Gasteiger partial charge is 0.377 e. The van der Waals surface area contributed by atoms with Gasteiger partial charge in [-0.2, -0.15) is 0 Å². The molecule has 1 atom stereocenters. The summed E-state index contributed by atoms with van der Waals surface area (Å²) in [5, 5.41) is 3.32. The molecular weight excluding hydrogens is 205 g/mol. The Bertz CT molecular complexity index is 306. The van der Waals surface area contributed by atoms with E-state index in [1.165, 1.54) is 18.6 Å². The second-order valence-electron chi connectivity index (χ2n) is 4.22. The molecular formula is C13H18FNO. The molecule has 1 aromatic rings. The van der Waals surface area contributed by atoms with Crippen molar-refractivity contribution in [3.8, 4) is 0 Å². The molecule has 0 saturated carbocycles. The monoisotopic (exact) mass is 223 g/mol. The van der Waals surface area contributed by atoms with Crippen LogP contribution in [0.2, 0.25) is 0 Å². The fourth-order valence-corrected chi connectivity index (χ4v) is 1.96. The molecule has 88 valence electrons. The van der Waals surface area contributed by atoms with Gasteiger partial charge in [0.15, 0.2) is 0 Å². The van der Waals surface area contributed by atoms with E-state index in [4.69, 9.17) is 4.74 Å². The fourth-order valence-electron chi connectivity index (χ4n) is 1.96. The molecule has 0 amide bonds. The molecule has 1 fully saturated rings. The van der Waals surface area contributed by atoms with Crippen LogP contribution < -0.4 is 5.32 Å². The summed E-state index contributed by atoms with van der Waals surface area (Å²) < 4.78 is 18.4. The summed E-state index contributed by atoms with van der Waals surface area (Å²) in [6.07, 6.45) is 3.56. The highest BCUT2D eigenvalue weighted by atomic mass is 19.1. The maximum Gasteiger partial charge on any atom is 0.123 e. The Kier molecular flexibility index (Phi) is 4.31. The first kappa shape index (κ1) is 11.6. The number of nitrogens with one attached hydrogen (secondary N) is 1. The smallest absolute Gasteiger partial charge is 0.123 e. The zero-order valence-electron chi connectivity index (χ0n) is 9.42. The average Bonchev–Trinajstić information content (AvgIpc) is 2.33. The van der Waals surface area contributed by atoms with Crippen LogP contribution in [0.15, 0.2) is 24.3 Å². The van der Waals surface area contributed by atoms with Crippen LogP contribution in [0.3, 0.4) is 0 Å². The number of ether oxygens (including phenoxy) is 1. The number of hydrogen-bond donors (Lipinski definition) is 1. The lowest BCUT2D eigenvalue weighted by Crippen LogP contribution is -2.35. The molecule has 1 aromatic carbocycles. The number of halogens is 1. The van der Waals surface area contributed by atoms with Gasteiger partial charge in [-0.15, -0.1) is 0 Å². The van der Waals surface area contributed by atoms with Gasteiger partial charge in [0.1, 0.15) is 5.82 Å². The van der Waals surface area contributed by atoms with Crippen molar-refractivity contribution in [2.75, 3.05) is 19.7 Å². The molecule has 1 aliphatic heterocycles. The van der Waals surface area contributed by atoms with Crippen LogP contribution in [0.4, 0.5) is 4.39 Å². The third kappa shape index (κ3) is 3.58. The van der Waals surface area contributed by atoms with Crippen LogP contribution >= 0.6 is 0 Å². The van der Waals surface area contributed by atoms with E-state index in [0.29, 0.717) is 6.10 Å². The number of benzene rings is 1. The highest BCUT2D eigenvalue weighted by Crippen LogP contribution is 2.08. The second kappa shape index (κ2) is 5.97. The Labute approximate surface area is 95.8 Å². The van der Waals surface area contributed by atoms with Crippen molar-refractivity contribution >= 4 is 0 Å². The SMILES string of the molecule is Fc1ccc(CCOC2CCCNC2)cc1. The maximum atomic E-state index is 12.7. The highest BCUT2D eigenvalue weighted by molar-refractivity contribution is 5.16. The fraction of sp³-hybridized carbons (Fsp3) is 0.538. The first-order valence-electron chi connectivity index (χ1n) is 5.91. The molecule has 1 heterocycles. The first-order chi connectivity index (χ1) is 7.84. The minimum atomic E-state index is -0.179. The summed E-state index contributed by atoms with van der Waals surface area (Å²) in [6.45, 7) is 2.79. The van der Waals surface area contributed by atoms with Gasteiger partial charge in [0.25, 0.3) is 0 Å². The third-order valence-corrected chi connectivity index (χ3v) is 2.91. The maximum absolute atomic E-state index is 12.7. The number of rotatable bonds is 4. The summed E-state index contributed by atoms with van der Waals surface area (Å²) in [5.41, 5.74) is 1.13. The summed E-state index contributed by atoms with van der Waals surface area (Å²) in [5.74, 6) is -0.179. The standard InChI is InChI=1S/C13H18FNO/c14-12-5-3-11(4-6-12)7-9-16-13-2-1-8-15-10-13/h3-6,13,15H,1-2,7-10H2. The van der Waals surface area contributed by atoms with E-state index in [9.17, 15) is 4.39 Å². The van der Waals surface area contributed by atoms with Gasteiger partial charge in [0.05, 0.1) is 12.7 Å². The van der Waals surface area contributed by atoms with E-state index < -0.39 is 0 Å². The van der Waals surface area contributed by atoms with Gasteiger partial charge in [-0.05, 0) is 43.5 Å². The normalized spacial score (nSPS) is 20.9. The average molecular weight is 223 g/mol.